The Balaban J connectivity index is 1.83. The van der Waals surface area contributed by atoms with Crippen LogP contribution in [-0.4, -0.2) is 55.3 Å². The second-order valence-corrected chi connectivity index (χ2v) is 10.6. The minimum atomic E-state index is -0.629. The molecule has 194 valence electrons. The predicted octanol–water partition coefficient (Wildman–Crippen LogP) is 4.67. The lowest BCUT2D eigenvalue weighted by molar-refractivity contribution is -0.167. The van der Waals surface area contributed by atoms with Crippen LogP contribution in [0.5, 0.6) is 17.2 Å². The highest BCUT2D eigenvalue weighted by Gasteiger charge is 2.42. The third-order valence-corrected chi connectivity index (χ3v) is 6.75. The number of benzene rings is 1. The second-order valence-electron chi connectivity index (χ2n) is 10.6. The molecule has 2 aromatic heterocycles. The van der Waals surface area contributed by atoms with Gasteiger partial charge in [0.15, 0.2) is 17.1 Å². The minimum absolute atomic E-state index is 0.248. The molecule has 1 aliphatic rings. The van der Waals surface area contributed by atoms with Crippen molar-refractivity contribution in [3.63, 3.8) is 0 Å². The largest absolute Gasteiger partial charge is 0.493 e. The molecule has 1 saturated heterocycles. The highest BCUT2D eigenvalue weighted by molar-refractivity contribution is 5.81. The number of H-pyrrole nitrogens is 1. The van der Waals surface area contributed by atoms with Crippen molar-refractivity contribution in [2.24, 2.45) is 10.8 Å². The number of rotatable bonds is 7. The Morgan fingerprint density at radius 3 is 2.36 bits per heavy atom. The smallest absolute Gasteiger partial charge is 0.311 e. The zero-order chi connectivity index (χ0) is 26.1. The van der Waals surface area contributed by atoms with Crippen LogP contribution in [0.15, 0.2) is 24.5 Å². The number of hydrogen-bond donors (Lipinski definition) is 2. The molecule has 0 aliphatic carbocycles. The fourth-order valence-corrected chi connectivity index (χ4v) is 4.65. The molecule has 9 heteroatoms. The third-order valence-electron chi connectivity index (χ3n) is 6.75. The number of aromatic amines is 1. The molecule has 0 radical (unpaired) electrons. The molecule has 0 spiro atoms. The highest BCUT2D eigenvalue weighted by atomic mass is 16.5. The van der Waals surface area contributed by atoms with Gasteiger partial charge in [0.1, 0.15) is 11.6 Å². The fourth-order valence-electron chi connectivity index (χ4n) is 4.65. The molecule has 3 aromatic rings. The number of carbonyl (C=O) groups is 1. The lowest BCUT2D eigenvalue weighted by atomic mass is 9.75. The van der Waals surface area contributed by atoms with E-state index in [2.05, 4.69) is 22.2 Å². The molecule has 0 amide bonds. The maximum absolute atomic E-state index is 13.1. The summed E-state index contributed by atoms with van der Waals surface area (Å²) in [5.41, 5.74) is 2.59. The first-order valence-corrected chi connectivity index (χ1v) is 12.2. The van der Waals surface area contributed by atoms with E-state index in [9.17, 15) is 4.79 Å². The number of aromatic nitrogens is 3. The summed E-state index contributed by atoms with van der Waals surface area (Å²) in [6, 6.07) is 3.68. The molecule has 0 saturated carbocycles. The number of esters is 1. The van der Waals surface area contributed by atoms with Gasteiger partial charge in [0.05, 0.1) is 38.6 Å². The molecule has 9 nitrogen and oxygen atoms in total. The molecule has 1 aliphatic heterocycles. The van der Waals surface area contributed by atoms with Gasteiger partial charge in [0.25, 0.3) is 0 Å². The Bertz CT molecular complexity index is 1220. The Hall–Kier alpha value is -3.33. The minimum Gasteiger partial charge on any atom is -0.493 e. The summed E-state index contributed by atoms with van der Waals surface area (Å²) >= 11 is 0. The maximum atomic E-state index is 13.1. The number of carbonyl (C=O) groups excluding carboxylic acids is 1. The second kappa shape index (κ2) is 9.97. The number of piperidine rings is 1. The Morgan fingerprint density at radius 1 is 1.11 bits per heavy atom. The van der Waals surface area contributed by atoms with Crippen LogP contribution < -0.4 is 19.5 Å². The Morgan fingerprint density at radius 2 is 1.81 bits per heavy atom. The van der Waals surface area contributed by atoms with Crippen molar-refractivity contribution in [2.45, 2.75) is 46.6 Å². The van der Waals surface area contributed by atoms with Crippen molar-refractivity contribution in [1.29, 1.82) is 0 Å². The standard InChI is InChI=1S/C27H36N4O5/c1-26(2,3)25(32)36-23(27(4)9-8-10-28-15-27)17-13-29-24-21(17)31-18(14-30-24)16-11-19(33-5)22(35-7)20(12-16)34-6/h11-14,23,28H,8-10,15H2,1-7H3,(H,29,30). The van der Waals surface area contributed by atoms with Crippen LogP contribution in [0.4, 0.5) is 0 Å². The van der Waals surface area contributed by atoms with E-state index in [1.807, 2.05) is 39.1 Å². The van der Waals surface area contributed by atoms with Gasteiger partial charge in [-0.1, -0.05) is 6.92 Å². The van der Waals surface area contributed by atoms with Crippen LogP contribution in [0.25, 0.3) is 22.4 Å². The summed E-state index contributed by atoms with van der Waals surface area (Å²) < 4.78 is 22.7. The van der Waals surface area contributed by atoms with E-state index in [0.717, 1.165) is 37.1 Å². The van der Waals surface area contributed by atoms with Crippen LogP contribution in [0.2, 0.25) is 0 Å². The van der Waals surface area contributed by atoms with Crippen molar-refractivity contribution >= 4 is 17.1 Å². The number of nitrogens with one attached hydrogen (secondary N) is 2. The monoisotopic (exact) mass is 496 g/mol. The number of methoxy groups -OCH3 is 3. The quantitative estimate of drug-likeness (QED) is 0.455. The van der Waals surface area contributed by atoms with Crippen LogP contribution in [0.3, 0.4) is 0 Å². The van der Waals surface area contributed by atoms with Gasteiger partial charge in [-0.05, 0) is 52.3 Å². The zero-order valence-electron chi connectivity index (χ0n) is 22.2. The molecule has 36 heavy (non-hydrogen) atoms. The SMILES string of the molecule is COc1cc(-c2cnc3[nH]cc(C(OC(=O)C(C)(C)C)C4(C)CCCNC4)c3n2)cc(OC)c1OC. The van der Waals surface area contributed by atoms with Gasteiger partial charge in [0.2, 0.25) is 5.75 Å². The maximum Gasteiger partial charge on any atom is 0.311 e. The van der Waals surface area contributed by atoms with Gasteiger partial charge >= 0.3 is 5.97 Å². The summed E-state index contributed by atoms with van der Waals surface area (Å²) in [5.74, 6) is 1.32. The summed E-state index contributed by atoms with van der Waals surface area (Å²) in [6.07, 6.45) is 5.00. The molecular weight excluding hydrogens is 460 g/mol. The van der Waals surface area contributed by atoms with E-state index in [1.165, 1.54) is 0 Å². The molecule has 2 atom stereocenters. The number of hydrogen-bond acceptors (Lipinski definition) is 8. The van der Waals surface area contributed by atoms with E-state index < -0.39 is 11.5 Å². The van der Waals surface area contributed by atoms with Gasteiger partial charge < -0.3 is 29.2 Å². The van der Waals surface area contributed by atoms with Gasteiger partial charge in [-0.3, -0.25) is 4.79 Å². The zero-order valence-corrected chi connectivity index (χ0v) is 22.2. The molecule has 2 unspecified atom stereocenters. The average Bonchev–Trinajstić information content (AvgIpc) is 3.28. The van der Waals surface area contributed by atoms with Gasteiger partial charge in [-0.2, -0.15) is 0 Å². The molecule has 1 aromatic carbocycles. The predicted molar refractivity (Wildman–Crippen MR) is 137 cm³/mol. The van der Waals surface area contributed by atoms with E-state index in [0.29, 0.717) is 34.1 Å². The molecule has 3 heterocycles. The van der Waals surface area contributed by atoms with E-state index in [4.69, 9.17) is 23.9 Å². The topological polar surface area (TPSA) is 108 Å². The fraction of sp³-hybridized carbons (Fsp3) is 0.519. The third kappa shape index (κ3) is 4.84. The van der Waals surface area contributed by atoms with Crippen molar-refractivity contribution in [2.75, 3.05) is 34.4 Å². The summed E-state index contributed by atoms with van der Waals surface area (Å²) in [6.45, 7) is 9.45. The van der Waals surface area contributed by atoms with E-state index in [1.54, 1.807) is 27.5 Å². The van der Waals surface area contributed by atoms with Crippen LogP contribution >= 0.6 is 0 Å². The normalized spacial score (nSPS) is 19.1. The number of nitrogens with zero attached hydrogens (tertiary/aromatic N) is 2. The highest BCUT2D eigenvalue weighted by Crippen LogP contribution is 2.45. The average molecular weight is 497 g/mol. The summed E-state index contributed by atoms with van der Waals surface area (Å²) in [4.78, 5) is 25.9. The van der Waals surface area contributed by atoms with Gasteiger partial charge in [-0.15, -0.1) is 0 Å². The van der Waals surface area contributed by atoms with Gasteiger partial charge in [-0.25, -0.2) is 9.97 Å². The molecule has 4 rings (SSSR count). The van der Waals surface area contributed by atoms with Gasteiger partial charge in [0, 0.05) is 29.3 Å². The lowest BCUT2D eigenvalue weighted by Gasteiger charge is -2.41. The van der Waals surface area contributed by atoms with Crippen LogP contribution in [0.1, 0.15) is 52.2 Å². The van der Waals surface area contributed by atoms with Crippen LogP contribution in [0, 0.1) is 10.8 Å². The Labute approximate surface area is 211 Å². The first-order chi connectivity index (χ1) is 17.1. The lowest BCUT2D eigenvalue weighted by Crippen LogP contribution is -2.44. The first kappa shape index (κ1) is 25.8. The number of ether oxygens (including phenoxy) is 4. The van der Waals surface area contributed by atoms with Crippen molar-refractivity contribution < 1.29 is 23.7 Å². The van der Waals surface area contributed by atoms with Crippen LogP contribution in [-0.2, 0) is 9.53 Å². The summed E-state index contributed by atoms with van der Waals surface area (Å²) in [7, 11) is 4.72. The molecule has 1 fully saturated rings. The molecular formula is C27H36N4O5. The van der Waals surface area contributed by atoms with E-state index in [-0.39, 0.29) is 11.4 Å². The van der Waals surface area contributed by atoms with Crippen molar-refractivity contribution in [1.82, 2.24) is 20.3 Å². The van der Waals surface area contributed by atoms with E-state index >= 15 is 0 Å². The molecule has 2 N–H and O–H groups in total. The van der Waals surface area contributed by atoms with Crippen molar-refractivity contribution in [3.8, 4) is 28.5 Å². The Kier molecular flexibility index (Phi) is 7.13. The number of fused-ring (bicyclic) bond motifs is 1. The first-order valence-electron chi connectivity index (χ1n) is 12.2. The summed E-state index contributed by atoms with van der Waals surface area (Å²) in [5, 5.41) is 3.47. The van der Waals surface area contributed by atoms with Crippen molar-refractivity contribution in [3.05, 3.63) is 30.1 Å². The molecule has 0 bridgehead atoms.